The van der Waals surface area contributed by atoms with Gasteiger partial charge in [-0.25, -0.2) is 0 Å². The summed E-state index contributed by atoms with van der Waals surface area (Å²) in [6.45, 7) is 3.87. The van der Waals surface area contributed by atoms with Crippen LogP contribution in [0.3, 0.4) is 0 Å². The lowest BCUT2D eigenvalue weighted by molar-refractivity contribution is -0.122. The third kappa shape index (κ3) is 2.07. The normalized spacial score (nSPS) is 32.6. The molecule has 0 saturated carbocycles. The number of nitrogens with zero attached hydrogens (tertiary/aromatic N) is 1. The maximum Gasteiger partial charge on any atom is 0.233 e. The standard InChI is InChI=1S/C10H19N3O/c1-11-10(14)7-13-5-3-9-8(6-13)2-4-12-9/h8-9,12H,2-7H2,1H3,(H,11,14). The molecule has 4 nitrogen and oxygen atoms in total. The molecule has 2 fully saturated rings. The van der Waals surface area contributed by atoms with Gasteiger partial charge in [0, 0.05) is 26.2 Å². The molecule has 0 spiro atoms. The molecule has 4 heteroatoms. The van der Waals surface area contributed by atoms with Crippen LogP contribution in [0.25, 0.3) is 0 Å². The van der Waals surface area contributed by atoms with Gasteiger partial charge in [-0.3, -0.25) is 9.69 Å². The molecule has 0 aromatic carbocycles. The predicted octanol–water partition coefficient (Wildman–Crippen LogP) is -0.584. The van der Waals surface area contributed by atoms with Crippen molar-refractivity contribution in [1.29, 1.82) is 0 Å². The number of hydrogen-bond donors (Lipinski definition) is 2. The smallest absolute Gasteiger partial charge is 0.233 e. The first-order chi connectivity index (χ1) is 6.79. The summed E-state index contributed by atoms with van der Waals surface area (Å²) >= 11 is 0. The van der Waals surface area contributed by atoms with E-state index in [1.807, 2.05) is 0 Å². The second-order valence-corrected chi connectivity index (χ2v) is 4.31. The fourth-order valence-electron chi connectivity index (χ4n) is 2.55. The SMILES string of the molecule is CNC(=O)CN1CCC2NCCC2C1. The highest BCUT2D eigenvalue weighted by molar-refractivity contribution is 5.77. The number of fused-ring (bicyclic) bond motifs is 1. The summed E-state index contributed by atoms with van der Waals surface area (Å²) in [5.41, 5.74) is 0. The van der Waals surface area contributed by atoms with Crippen LogP contribution in [0.15, 0.2) is 0 Å². The maximum atomic E-state index is 11.2. The molecular formula is C10H19N3O. The Morgan fingerprint density at radius 1 is 1.57 bits per heavy atom. The number of nitrogens with one attached hydrogen (secondary N) is 2. The summed E-state index contributed by atoms with van der Waals surface area (Å²) < 4.78 is 0. The summed E-state index contributed by atoms with van der Waals surface area (Å²) in [4.78, 5) is 13.5. The molecule has 2 aliphatic heterocycles. The van der Waals surface area contributed by atoms with Gasteiger partial charge in [0.15, 0.2) is 0 Å². The van der Waals surface area contributed by atoms with Crippen LogP contribution in [0.4, 0.5) is 0 Å². The van der Waals surface area contributed by atoms with Crippen LogP contribution in [-0.4, -0.2) is 50.1 Å². The molecule has 2 N–H and O–H groups in total. The first-order valence-electron chi connectivity index (χ1n) is 5.46. The largest absolute Gasteiger partial charge is 0.358 e. The molecule has 1 amide bonds. The van der Waals surface area contributed by atoms with Gasteiger partial charge in [-0.05, 0) is 25.3 Å². The van der Waals surface area contributed by atoms with Crippen LogP contribution >= 0.6 is 0 Å². The first kappa shape index (κ1) is 9.93. The lowest BCUT2D eigenvalue weighted by atomic mass is 9.93. The molecule has 2 atom stereocenters. The van der Waals surface area contributed by atoms with E-state index in [1.165, 1.54) is 12.8 Å². The monoisotopic (exact) mass is 197 g/mol. The summed E-state index contributed by atoms with van der Waals surface area (Å²) in [7, 11) is 1.70. The molecule has 2 aliphatic rings. The third-order valence-corrected chi connectivity index (χ3v) is 3.39. The van der Waals surface area contributed by atoms with E-state index < -0.39 is 0 Å². The molecule has 0 aromatic rings. The molecule has 0 bridgehead atoms. The van der Waals surface area contributed by atoms with Gasteiger partial charge < -0.3 is 10.6 Å². The Balaban J connectivity index is 1.82. The van der Waals surface area contributed by atoms with Crippen LogP contribution in [0.2, 0.25) is 0 Å². The van der Waals surface area contributed by atoms with Crippen molar-refractivity contribution in [2.24, 2.45) is 5.92 Å². The van der Waals surface area contributed by atoms with Gasteiger partial charge in [0.25, 0.3) is 0 Å². The lowest BCUT2D eigenvalue weighted by Gasteiger charge is -2.34. The Morgan fingerprint density at radius 3 is 3.21 bits per heavy atom. The van der Waals surface area contributed by atoms with Gasteiger partial charge in [-0.2, -0.15) is 0 Å². The molecule has 2 heterocycles. The molecule has 0 radical (unpaired) electrons. The van der Waals surface area contributed by atoms with Gasteiger partial charge in [0.05, 0.1) is 6.54 Å². The van der Waals surface area contributed by atoms with Gasteiger partial charge in [-0.15, -0.1) is 0 Å². The van der Waals surface area contributed by atoms with Crippen molar-refractivity contribution in [3.8, 4) is 0 Å². The molecule has 14 heavy (non-hydrogen) atoms. The van der Waals surface area contributed by atoms with Gasteiger partial charge in [-0.1, -0.05) is 0 Å². The Labute approximate surface area is 85.0 Å². The van der Waals surface area contributed by atoms with Crippen molar-refractivity contribution in [3.05, 3.63) is 0 Å². The van der Waals surface area contributed by atoms with E-state index in [0.717, 1.165) is 31.6 Å². The van der Waals surface area contributed by atoms with Crippen LogP contribution in [-0.2, 0) is 4.79 Å². The highest BCUT2D eigenvalue weighted by atomic mass is 16.1. The lowest BCUT2D eigenvalue weighted by Crippen LogP contribution is -2.47. The van der Waals surface area contributed by atoms with Crippen LogP contribution in [0.5, 0.6) is 0 Å². The van der Waals surface area contributed by atoms with Gasteiger partial charge in [0.2, 0.25) is 5.91 Å². The number of carbonyl (C=O) groups excluding carboxylic acids is 1. The second-order valence-electron chi connectivity index (χ2n) is 4.31. The van der Waals surface area contributed by atoms with Crippen molar-refractivity contribution in [2.45, 2.75) is 18.9 Å². The summed E-state index contributed by atoms with van der Waals surface area (Å²) in [5, 5.41) is 6.19. The van der Waals surface area contributed by atoms with Crippen LogP contribution in [0.1, 0.15) is 12.8 Å². The fourth-order valence-corrected chi connectivity index (χ4v) is 2.55. The zero-order chi connectivity index (χ0) is 9.97. The zero-order valence-corrected chi connectivity index (χ0v) is 8.75. The van der Waals surface area contributed by atoms with E-state index in [1.54, 1.807) is 7.05 Å². The minimum atomic E-state index is 0.134. The molecule has 2 unspecified atom stereocenters. The van der Waals surface area contributed by atoms with E-state index in [9.17, 15) is 4.79 Å². The Bertz CT molecular complexity index is 219. The summed E-state index contributed by atoms with van der Waals surface area (Å²) in [6.07, 6.45) is 2.47. The van der Waals surface area contributed by atoms with Crippen molar-refractivity contribution < 1.29 is 4.79 Å². The number of likely N-dealkylation sites (tertiary alicyclic amines) is 1. The number of likely N-dealkylation sites (N-methyl/N-ethyl adjacent to an activating group) is 1. The maximum absolute atomic E-state index is 11.2. The third-order valence-electron chi connectivity index (χ3n) is 3.39. The Hall–Kier alpha value is -0.610. The minimum absolute atomic E-state index is 0.134. The van der Waals surface area contributed by atoms with E-state index in [-0.39, 0.29) is 5.91 Å². The molecule has 0 aromatic heterocycles. The van der Waals surface area contributed by atoms with Crippen molar-refractivity contribution in [1.82, 2.24) is 15.5 Å². The Morgan fingerprint density at radius 2 is 2.43 bits per heavy atom. The molecule has 2 saturated heterocycles. The molecule has 2 rings (SSSR count). The van der Waals surface area contributed by atoms with E-state index >= 15 is 0 Å². The average Bonchev–Trinajstić information content (AvgIpc) is 2.64. The zero-order valence-electron chi connectivity index (χ0n) is 8.75. The van der Waals surface area contributed by atoms with Crippen molar-refractivity contribution >= 4 is 5.91 Å². The van der Waals surface area contributed by atoms with E-state index in [2.05, 4.69) is 15.5 Å². The van der Waals surface area contributed by atoms with Crippen molar-refractivity contribution in [2.75, 3.05) is 33.2 Å². The minimum Gasteiger partial charge on any atom is -0.358 e. The number of amides is 1. The number of carbonyl (C=O) groups is 1. The molecular weight excluding hydrogens is 178 g/mol. The fraction of sp³-hybridized carbons (Fsp3) is 0.900. The second kappa shape index (κ2) is 4.28. The van der Waals surface area contributed by atoms with E-state index in [0.29, 0.717) is 6.54 Å². The molecule has 0 aliphatic carbocycles. The first-order valence-corrected chi connectivity index (χ1v) is 5.46. The summed E-state index contributed by atoms with van der Waals surface area (Å²) in [5.74, 6) is 0.905. The van der Waals surface area contributed by atoms with Crippen LogP contribution < -0.4 is 10.6 Å². The van der Waals surface area contributed by atoms with Gasteiger partial charge >= 0.3 is 0 Å². The van der Waals surface area contributed by atoms with Crippen LogP contribution in [0, 0.1) is 5.92 Å². The van der Waals surface area contributed by atoms with E-state index in [4.69, 9.17) is 0 Å². The molecule has 80 valence electrons. The number of rotatable bonds is 2. The van der Waals surface area contributed by atoms with Gasteiger partial charge in [0.1, 0.15) is 0 Å². The van der Waals surface area contributed by atoms with Crippen molar-refractivity contribution in [3.63, 3.8) is 0 Å². The number of piperidine rings is 1. The highest BCUT2D eigenvalue weighted by Crippen LogP contribution is 2.23. The summed E-state index contributed by atoms with van der Waals surface area (Å²) in [6, 6.07) is 0.718. The Kier molecular flexibility index (Phi) is 3.03. The highest BCUT2D eigenvalue weighted by Gasteiger charge is 2.32. The quantitative estimate of drug-likeness (QED) is 0.622. The topological polar surface area (TPSA) is 44.4 Å². The number of hydrogen-bond acceptors (Lipinski definition) is 3. The average molecular weight is 197 g/mol. The predicted molar refractivity (Wildman–Crippen MR) is 55.0 cm³/mol.